The fourth-order valence-electron chi connectivity index (χ4n) is 1.77. The Hall–Kier alpha value is -1.06. The van der Waals surface area contributed by atoms with Gasteiger partial charge in [-0.2, -0.15) is 0 Å². The van der Waals surface area contributed by atoms with Gasteiger partial charge in [0.15, 0.2) is 0 Å². The molecule has 3 heteroatoms. The molecule has 0 radical (unpaired) electrons. The molecule has 3 unspecified atom stereocenters. The average molecular weight is 224 g/mol. The molecular formula is C13H20O3. The van der Waals surface area contributed by atoms with Crippen molar-refractivity contribution in [3.05, 3.63) is 29.8 Å². The minimum absolute atomic E-state index is 0.137. The smallest absolute Gasteiger partial charge is 0.115 e. The number of aliphatic hydroxyl groups excluding tert-OH is 2. The van der Waals surface area contributed by atoms with Gasteiger partial charge in [-0.25, -0.2) is 0 Å². The summed E-state index contributed by atoms with van der Waals surface area (Å²) >= 11 is 0. The number of hydrogen-bond donors (Lipinski definition) is 3. The lowest BCUT2D eigenvalue weighted by molar-refractivity contribution is 0.00112. The first-order valence-electron chi connectivity index (χ1n) is 5.71. The summed E-state index contributed by atoms with van der Waals surface area (Å²) in [6, 6.07) is 6.71. The first-order valence-corrected chi connectivity index (χ1v) is 5.71. The first kappa shape index (κ1) is 13.0. The number of phenolic OH excluding ortho intramolecular Hbond substituents is 1. The highest BCUT2D eigenvalue weighted by atomic mass is 16.3. The molecule has 1 rings (SSSR count). The lowest BCUT2D eigenvalue weighted by Gasteiger charge is -2.24. The number of phenols is 1. The molecule has 3 atom stereocenters. The van der Waals surface area contributed by atoms with Crippen LogP contribution in [-0.4, -0.2) is 27.5 Å². The third-order valence-electron chi connectivity index (χ3n) is 2.91. The normalized spacial score (nSPS) is 16.8. The number of rotatable bonds is 5. The van der Waals surface area contributed by atoms with E-state index in [0.717, 1.165) is 12.0 Å². The van der Waals surface area contributed by atoms with Crippen LogP contribution in [0, 0.1) is 0 Å². The standard InChI is InChI=1S/C13H20O3/c1-3-4-12(15)13(16)9(2)10-5-7-11(14)8-6-10/h5-9,12-16H,3-4H2,1-2H3. The van der Waals surface area contributed by atoms with Crippen molar-refractivity contribution in [2.24, 2.45) is 0 Å². The van der Waals surface area contributed by atoms with E-state index in [1.165, 1.54) is 0 Å². The van der Waals surface area contributed by atoms with Crippen molar-refractivity contribution < 1.29 is 15.3 Å². The average Bonchev–Trinajstić information content (AvgIpc) is 2.28. The van der Waals surface area contributed by atoms with Crippen LogP contribution in [0.4, 0.5) is 0 Å². The monoisotopic (exact) mass is 224 g/mol. The molecule has 0 bridgehead atoms. The second-order valence-electron chi connectivity index (χ2n) is 4.23. The van der Waals surface area contributed by atoms with Gasteiger partial charge in [0.05, 0.1) is 12.2 Å². The van der Waals surface area contributed by atoms with Gasteiger partial charge in [0.2, 0.25) is 0 Å². The maximum absolute atomic E-state index is 9.93. The van der Waals surface area contributed by atoms with E-state index in [0.29, 0.717) is 6.42 Å². The largest absolute Gasteiger partial charge is 0.508 e. The molecular weight excluding hydrogens is 204 g/mol. The third-order valence-corrected chi connectivity index (χ3v) is 2.91. The van der Waals surface area contributed by atoms with Crippen LogP contribution in [0.15, 0.2) is 24.3 Å². The molecule has 0 heterocycles. The maximum atomic E-state index is 9.93. The van der Waals surface area contributed by atoms with E-state index >= 15 is 0 Å². The zero-order valence-corrected chi connectivity index (χ0v) is 9.80. The lowest BCUT2D eigenvalue weighted by Crippen LogP contribution is -2.30. The highest BCUT2D eigenvalue weighted by Crippen LogP contribution is 2.24. The van der Waals surface area contributed by atoms with Crippen molar-refractivity contribution in [1.29, 1.82) is 0 Å². The number of aromatic hydroxyl groups is 1. The molecule has 16 heavy (non-hydrogen) atoms. The van der Waals surface area contributed by atoms with Crippen LogP contribution in [-0.2, 0) is 0 Å². The summed E-state index contributed by atoms with van der Waals surface area (Å²) in [5.41, 5.74) is 0.917. The Kier molecular flexibility index (Phi) is 4.77. The van der Waals surface area contributed by atoms with Gasteiger partial charge in [-0.15, -0.1) is 0 Å². The van der Waals surface area contributed by atoms with E-state index in [-0.39, 0.29) is 11.7 Å². The fraction of sp³-hybridized carbons (Fsp3) is 0.538. The van der Waals surface area contributed by atoms with Crippen LogP contribution in [0.3, 0.4) is 0 Å². The first-order chi connectivity index (χ1) is 7.56. The van der Waals surface area contributed by atoms with Gasteiger partial charge in [0, 0.05) is 5.92 Å². The summed E-state index contributed by atoms with van der Waals surface area (Å²) in [6.07, 6.45) is 0.00250. The van der Waals surface area contributed by atoms with Gasteiger partial charge in [-0.1, -0.05) is 32.4 Å². The topological polar surface area (TPSA) is 60.7 Å². The van der Waals surface area contributed by atoms with E-state index in [1.807, 2.05) is 13.8 Å². The molecule has 0 aliphatic heterocycles. The minimum Gasteiger partial charge on any atom is -0.508 e. The molecule has 0 aromatic heterocycles. The summed E-state index contributed by atoms with van der Waals surface area (Å²) in [7, 11) is 0. The lowest BCUT2D eigenvalue weighted by atomic mass is 9.90. The second kappa shape index (κ2) is 5.87. The highest BCUT2D eigenvalue weighted by Gasteiger charge is 2.23. The Morgan fingerprint density at radius 2 is 1.69 bits per heavy atom. The SMILES string of the molecule is CCCC(O)C(O)C(C)c1ccc(O)cc1. The van der Waals surface area contributed by atoms with Crippen molar-refractivity contribution in [3.8, 4) is 5.75 Å². The summed E-state index contributed by atoms with van der Waals surface area (Å²) in [4.78, 5) is 0. The summed E-state index contributed by atoms with van der Waals surface area (Å²) in [5, 5.41) is 28.8. The highest BCUT2D eigenvalue weighted by molar-refractivity contribution is 5.28. The Morgan fingerprint density at radius 1 is 1.12 bits per heavy atom. The summed E-state index contributed by atoms with van der Waals surface area (Å²) in [6.45, 7) is 3.84. The van der Waals surface area contributed by atoms with E-state index in [2.05, 4.69) is 0 Å². The van der Waals surface area contributed by atoms with Gasteiger partial charge >= 0.3 is 0 Å². The molecule has 0 fully saturated rings. The maximum Gasteiger partial charge on any atom is 0.115 e. The number of aliphatic hydroxyl groups is 2. The minimum atomic E-state index is -0.760. The predicted octanol–water partition coefficient (Wildman–Crippen LogP) is 2.02. The number of hydrogen-bond acceptors (Lipinski definition) is 3. The molecule has 0 saturated carbocycles. The Bertz CT molecular complexity index is 307. The van der Waals surface area contributed by atoms with Crippen molar-refractivity contribution in [2.75, 3.05) is 0 Å². The molecule has 0 aliphatic rings. The van der Waals surface area contributed by atoms with E-state index in [1.54, 1.807) is 24.3 Å². The van der Waals surface area contributed by atoms with Crippen LogP contribution in [0.5, 0.6) is 5.75 Å². The number of benzene rings is 1. The van der Waals surface area contributed by atoms with E-state index < -0.39 is 12.2 Å². The Labute approximate surface area is 96.4 Å². The predicted molar refractivity (Wildman–Crippen MR) is 63.4 cm³/mol. The third kappa shape index (κ3) is 3.22. The van der Waals surface area contributed by atoms with Crippen LogP contribution in [0.25, 0.3) is 0 Å². The molecule has 0 spiro atoms. The van der Waals surface area contributed by atoms with Crippen LogP contribution < -0.4 is 0 Å². The zero-order valence-electron chi connectivity index (χ0n) is 9.80. The summed E-state index contributed by atoms with van der Waals surface area (Å²) < 4.78 is 0. The Morgan fingerprint density at radius 3 is 2.19 bits per heavy atom. The van der Waals surface area contributed by atoms with Gasteiger partial charge < -0.3 is 15.3 Å². The van der Waals surface area contributed by atoms with Crippen LogP contribution in [0.2, 0.25) is 0 Å². The van der Waals surface area contributed by atoms with Gasteiger partial charge in [0.1, 0.15) is 5.75 Å². The second-order valence-corrected chi connectivity index (χ2v) is 4.23. The summed E-state index contributed by atoms with van der Waals surface area (Å²) in [5.74, 6) is 0.0710. The molecule has 0 amide bonds. The molecule has 0 saturated heterocycles. The quantitative estimate of drug-likeness (QED) is 0.717. The molecule has 3 N–H and O–H groups in total. The van der Waals surface area contributed by atoms with Crippen molar-refractivity contribution in [3.63, 3.8) is 0 Å². The molecule has 90 valence electrons. The van der Waals surface area contributed by atoms with E-state index in [4.69, 9.17) is 5.11 Å². The molecule has 3 nitrogen and oxygen atoms in total. The zero-order chi connectivity index (χ0) is 12.1. The van der Waals surface area contributed by atoms with Gasteiger partial charge in [0.25, 0.3) is 0 Å². The molecule has 0 aliphatic carbocycles. The Balaban J connectivity index is 2.69. The molecule has 1 aromatic rings. The van der Waals surface area contributed by atoms with E-state index in [9.17, 15) is 10.2 Å². The molecule has 1 aromatic carbocycles. The van der Waals surface area contributed by atoms with Crippen LogP contribution in [0.1, 0.15) is 38.2 Å². The van der Waals surface area contributed by atoms with Crippen molar-refractivity contribution in [2.45, 2.75) is 44.8 Å². The van der Waals surface area contributed by atoms with Gasteiger partial charge in [-0.05, 0) is 24.1 Å². The van der Waals surface area contributed by atoms with Gasteiger partial charge in [-0.3, -0.25) is 0 Å². The van der Waals surface area contributed by atoms with Crippen molar-refractivity contribution >= 4 is 0 Å². The van der Waals surface area contributed by atoms with Crippen LogP contribution >= 0.6 is 0 Å². The van der Waals surface area contributed by atoms with Crippen molar-refractivity contribution in [1.82, 2.24) is 0 Å². The fourth-order valence-corrected chi connectivity index (χ4v) is 1.77.